The molecule has 2 N–H and O–H groups in total. The zero-order chi connectivity index (χ0) is 18.8. The molecule has 1 aliphatic heterocycles. The van der Waals surface area contributed by atoms with Gasteiger partial charge in [-0.15, -0.1) is 0 Å². The second kappa shape index (κ2) is 8.28. The molecule has 2 aromatic heterocycles. The SMILES string of the molecule is CNc1ncc2nc(-c3c(Cl)cccc3I)n(CCC3CCNCC3)c2n1. The predicted molar refractivity (Wildman–Crippen MR) is 118 cm³/mol. The van der Waals surface area contributed by atoms with Gasteiger partial charge in [-0.1, -0.05) is 17.7 Å². The van der Waals surface area contributed by atoms with Crippen molar-refractivity contribution >= 4 is 51.3 Å². The summed E-state index contributed by atoms with van der Waals surface area (Å²) in [7, 11) is 1.83. The maximum Gasteiger partial charge on any atom is 0.224 e. The summed E-state index contributed by atoms with van der Waals surface area (Å²) in [5.74, 6) is 2.20. The van der Waals surface area contributed by atoms with E-state index in [-0.39, 0.29) is 0 Å². The number of rotatable bonds is 5. The van der Waals surface area contributed by atoms with Crippen molar-refractivity contribution in [1.82, 2.24) is 24.8 Å². The van der Waals surface area contributed by atoms with Crippen molar-refractivity contribution in [3.63, 3.8) is 0 Å². The standard InChI is InChI=1S/C19H22ClIN6/c1-22-19-24-11-15-17(26-19)27(10-7-12-5-8-23-9-6-12)18(25-15)16-13(20)3-2-4-14(16)21/h2-4,11-12,23H,5-10H2,1H3,(H,22,24,26). The van der Waals surface area contributed by atoms with Crippen LogP contribution in [0.5, 0.6) is 0 Å². The molecule has 1 aliphatic rings. The summed E-state index contributed by atoms with van der Waals surface area (Å²) in [6.07, 6.45) is 5.34. The Bertz CT molecular complexity index is 931. The van der Waals surface area contributed by atoms with Gasteiger partial charge < -0.3 is 15.2 Å². The van der Waals surface area contributed by atoms with E-state index in [0.29, 0.717) is 11.0 Å². The molecule has 6 nitrogen and oxygen atoms in total. The summed E-state index contributed by atoms with van der Waals surface area (Å²) >= 11 is 8.88. The van der Waals surface area contributed by atoms with Gasteiger partial charge in [-0.25, -0.2) is 9.97 Å². The lowest BCUT2D eigenvalue weighted by atomic mass is 9.95. The van der Waals surface area contributed by atoms with Crippen LogP contribution in [0.2, 0.25) is 5.02 Å². The van der Waals surface area contributed by atoms with Gasteiger partial charge in [0.15, 0.2) is 5.65 Å². The van der Waals surface area contributed by atoms with E-state index in [1.165, 1.54) is 12.8 Å². The summed E-state index contributed by atoms with van der Waals surface area (Å²) in [6, 6.07) is 5.94. The van der Waals surface area contributed by atoms with E-state index in [0.717, 1.165) is 58.1 Å². The Morgan fingerprint density at radius 2 is 2.11 bits per heavy atom. The molecule has 0 saturated carbocycles. The number of halogens is 2. The van der Waals surface area contributed by atoms with Gasteiger partial charge in [0, 0.05) is 22.7 Å². The Morgan fingerprint density at radius 3 is 2.85 bits per heavy atom. The third kappa shape index (κ3) is 3.90. The van der Waals surface area contributed by atoms with Crippen LogP contribution >= 0.6 is 34.2 Å². The number of nitrogens with zero attached hydrogens (tertiary/aromatic N) is 4. The topological polar surface area (TPSA) is 67.7 Å². The van der Waals surface area contributed by atoms with Gasteiger partial charge in [0.05, 0.1) is 11.2 Å². The van der Waals surface area contributed by atoms with Crippen molar-refractivity contribution in [2.45, 2.75) is 25.8 Å². The van der Waals surface area contributed by atoms with Crippen LogP contribution in [0.3, 0.4) is 0 Å². The molecule has 142 valence electrons. The molecular weight excluding hydrogens is 475 g/mol. The summed E-state index contributed by atoms with van der Waals surface area (Å²) in [5.41, 5.74) is 2.62. The van der Waals surface area contributed by atoms with Crippen LogP contribution in [0.1, 0.15) is 19.3 Å². The average molecular weight is 497 g/mol. The van der Waals surface area contributed by atoms with Crippen LogP contribution < -0.4 is 10.6 Å². The monoisotopic (exact) mass is 496 g/mol. The number of imidazole rings is 1. The zero-order valence-corrected chi connectivity index (χ0v) is 18.1. The number of hydrogen-bond acceptors (Lipinski definition) is 5. The molecule has 0 aliphatic carbocycles. The summed E-state index contributed by atoms with van der Waals surface area (Å²) < 4.78 is 3.30. The Balaban J connectivity index is 1.79. The van der Waals surface area contributed by atoms with Crippen LogP contribution in [-0.4, -0.2) is 39.7 Å². The summed E-state index contributed by atoms with van der Waals surface area (Å²) in [4.78, 5) is 13.9. The van der Waals surface area contributed by atoms with Gasteiger partial charge in [0.1, 0.15) is 11.3 Å². The maximum atomic E-state index is 6.56. The molecule has 1 aromatic carbocycles. The minimum atomic E-state index is 0.603. The molecule has 1 saturated heterocycles. The lowest BCUT2D eigenvalue weighted by molar-refractivity contribution is 0.339. The van der Waals surface area contributed by atoms with Gasteiger partial charge in [0.25, 0.3) is 0 Å². The number of aromatic nitrogens is 4. The van der Waals surface area contributed by atoms with E-state index in [2.05, 4.69) is 53.8 Å². The van der Waals surface area contributed by atoms with E-state index < -0.39 is 0 Å². The minimum absolute atomic E-state index is 0.603. The normalized spacial score (nSPS) is 15.4. The molecule has 0 bridgehead atoms. The second-order valence-electron chi connectivity index (χ2n) is 6.82. The largest absolute Gasteiger partial charge is 0.357 e. The van der Waals surface area contributed by atoms with Gasteiger partial charge in [-0.3, -0.25) is 0 Å². The molecule has 27 heavy (non-hydrogen) atoms. The number of benzene rings is 1. The fourth-order valence-electron chi connectivity index (χ4n) is 3.64. The van der Waals surface area contributed by atoms with Crippen LogP contribution in [0, 0.1) is 9.49 Å². The highest BCUT2D eigenvalue weighted by Crippen LogP contribution is 2.34. The first-order valence-corrected chi connectivity index (χ1v) is 10.7. The minimum Gasteiger partial charge on any atom is -0.357 e. The van der Waals surface area contributed by atoms with Crippen molar-refractivity contribution in [3.05, 3.63) is 33.0 Å². The number of nitrogens with one attached hydrogen (secondary N) is 2. The third-order valence-corrected chi connectivity index (χ3v) is 6.33. The second-order valence-corrected chi connectivity index (χ2v) is 8.39. The van der Waals surface area contributed by atoms with Gasteiger partial charge >= 0.3 is 0 Å². The number of anilines is 1. The Kier molecular flexibility index (Phi) is 5.79. The van der Waals surface area contributed by atoms with Crippen molar-refractivity contribution in [2.75, 3.05) is 25.5 Å². The molecule has 1 fully saturated rings. The quantitative estimate of drug-likeness (QED) is 0.519. The van der Waals surface area contributed by atoms with Gasteiger partial charge in [-0.2, -0.15) is 4.98 Å². The number of aryl methyl sites for hydroxylation is 1. The fraction of sp³-hybridized carbons (Fsp3) is 0.421. The molecule has 0 spiro atoms. The van der Waals surface area contributed by atoms with Gasteiger partial charge in [0.2, 0.25) is 5.95 Å². The molecule has 0 unspecified atom stereocenters. The zero-order valence-electron chi connectivity index (χ0n) is 15.2. The number of piperidine rings is 1. The molecule has 0 atom stereocenters. The first-order chi connectivity index (χ1) is 13.2. The van der Waals surface area contributed by atoms with Gasteiger partial charge in [-0.05, 0) is 73.0 Å². The Labute approximate surface area is 177 Å². The smallest absolute Gasteiger partial charge is 0.224 e. The van der Waals surface area contributed by atoms with Crippen molar-refractivity contribution in [2.24, 2.45) is 5.92 Å². The molecule has 3 aromatic rings. The van der Waals surface area contributed by atoms with Crippen molar-refractivity contribution in [1.29, 1.82) is 0 Å². The lowest BCUT2D eigenvalue weighted by Gasteiger charge is -2.23. The highest BCUT2D eigenvalue weighted by molar-refractivity contribution is 14.1. The fourth-order valence-corrected chi connectivity index (χ4v) is 4.79. The van der Waals surface area contributed by atoms with E-state index in [4.69, 9.17) is 16.6 Å². The highest BCUT2D eigenvalue weighted by Gasteiger charge is 2.21. The molecule has 4 rings (SSSR count). The average Bonchev–Trinajstić information content (AvgIpc) is 3.04. The summed E-state index contributed by atoms with van der Waals surface area (Å²) in [6.45, 7) is 3.09. The Morgan fingerprint density at radius 1 is 1.30 bits per heavy atom. The van der Waals surface area contributed by atoms with E-state index >= 15 is 0 Å². The van der Waals surface area contributed by atoms with E-state index in [1.807, 2.05) is 19.2 Å². The highest BCUT2D eigenvalue weighted by atomic mass is 127. The van der Waals surface area contributed by atoms with Crippen LogP contribution in [-0.2, 0) is 6.54 Å². The van der Waals surface area contributed by atoms with Crippen molar-refractivity contribution in [3.8, 4) is 11.4 Å². The van der Waals surface area contributed by atoms with E-state index in [1.54, 1.807) is 6.20 Å². The molecule has 8 heteroatoms. The first kappa shape index (κ1) is 18.9. The lowest BCUT2D eigenvalue weighted by Crippen LogP contribution is -2.28. The molecule has 0 amide bonds. The first-order valence-electron chi connectivity index (χ1n) is 9.23. The molecule has 3 heterocycles. The molecular formula is C19H22ClIN6. The predicted octanol–water partition coefficient (Wildman–Crippen LogP) is 4.18. The number of hydrogen-bond donors (Lipinski definition) is 2. The van der Waals surface area contributed by atoms with Crippen molar-refractivity contribution < 1.29 is 0 Å². The van der Waals surface area contributed by atoms with E-state index in [9.17, 15) is 0 Å². The van der Waals surface area contributed by atoms with Crippen LogP contribution in [0.25, 0.3) is 22.6 Å². The molecule has 0 radical (unpaired) electrons. The number of fused-ring (bicyclic) bond motifs is 1. The van der Waals surface area contributed by atoms with Crippen LogP contribution in [0.15, 0.2) is 24.4 Å². The maximum absolute atomic E-state index is 6.56. The third-order valence-electron chi connectivity index (χ3n) is 5.12. The summed E-state index contributed by atoms with van der Waals surface area (Å²) in [5, 5.41) is 7.17. The Hall–Kier alpha value is -1.45. The van der Waals surface area contributed by atoms with Crippen LogP contribution in [0.4, 0.5) is 5.95 Å².